The van der Waals surface area contributed by atoms with Gasteiger partial charge in [-0.25, -0.2) is 0 Å². The van der Waals surface area contributed by atoms with Gasteiger partial charge in [0, 0.05) is 25.7 Å². The molecule has 1 aromatic rings. The first-order valence-electron chi connectivity index (χ1n) is 6.76. The first-order valence-corrected chi connectivity index (χ1v) is 6.76. The van der Waals surface area contributed by atoms with E-state index in [9.17, 15) is 9.59 Å². The molecule has 0 saturated heterocycles. The lowest BCUT2D eigenvalue weighted by molar-refractivity contribution is -0.142. The number of rotatable bonds is 6. The maximum atomic E-state index is 10.8. The molecule has 0 radical (unpaired) electrons. The van der Waals surface area contributed by atoms with E-state index in [4.69, 9.17) is 9.47 Å². The molecule has 0 amide bonds. The molecule has 0 aliphatic carbocycles. The second-order valence-electron chi connectivity index (χ2n) is 5.07. The highest BCUT2D eigenvalue weighted by Gasteiger charge is 2.10. The normalized spacial score (nSPS) is 13.4. The number of hydrogen-bond acceptors (Lipinski definition) is 4. The van der Waals surface area contributed by atoms with Crippen LogP contribution in [0.4, 0.5) is 0 Å². The lowest BCUT2D eigenvalue weighted by atomic mass is 9.96. The third-order valence-electron chi connectivity index (χ3n) is 3.15. The molecule has 0 N–H and O–H groups in total. The van der Waals surface area contributed by atoms with E-state index in [2.05, 4.69) is 0 Å². The van der Waals surface area contributed by atoms with Gasteiger partial charge in [-0.15, -0.1) is 0 Å². The van der Waals surface area contributed by atoms with Crippen molar-refractivity contribution >= 4 is 11.9 Å². The SMILES string of the molecule is CC(=O)OCC(C)c1ccc(C(C)COC(C)=O)cc1. The Hall–Kier alpha value is -1.84. The van der Waals surface area contributed by atoms with Crippen LogP contribution >= 0.6 is 0 Å². The fourth-order valence-corrected chi connectivity index (χ4v) is 1.83. The number of carbonyl (C=O) groups is 2. The number of esters is 2. The number of benzene rings is 1. The molecule has 0 spiro atoms. The van der Waals surface area contributed by atoms with E-state index in [1.165, 1.54) is 13.8 Å². The van der Waals surface area contributed by atoms with Crippen LogP contribution in [0.3, 0.4) is 0 Å². The monoisotopic (exact) mass is 278 g/mol. The first kappa shape index (κ1) is 16.2. The van der Waals surface area contributed by atoms with Crippen LogP contribution in [0.1, 0.15) is 50.7 Å². The van der Waals surface area contributed by atoms with Gasteiger partial charge in [-0.2, -0.15) is 0 Å². The lowest BCUT2D eigenvalue weighted by Gasteiger charge is -2.15. The van der Waals surface area contributed by atoms with E-state index in [1.54, 1.807) is 0 Å². The van der Waals surface area contributed by atoms with Crippen molar-refractivity contribution < 1.29 is 19.1 Å². The van der Waals surface area contributed by atoms with E-state index in [1.807, 2.05) is 38.1 Å². The zero-order chi connectivity index (χ0) is 15.1. The van der Waals surface area contributed by atoms with Crippen molar-refractivity contribution in [2.75, 3.05) is 13.2 Å². The molecule has 1 rings (SSSR count). The Balaban J connectivity index is 2.58. The van der Waals surface area contributed by atoms with E-state index >= 15 is 0 Å². The van der Waals surface area contributed by atoms with Gasteiger partial charge in [0.15, 0.2) is 0 Å². The number of ether oxygens (including phenoxy) is 2. The average Bonchev–Trinajstić information content (AvgIpc) is 2.42. The zero-order valence-corrected chi connectivity index (χ0v) is 12.5. The maximum absolute atomic E-state index is 10.8. The van der Waals surface area contributed by atoms with Gasteiger partial charge in [0.25, 0.3) is 0 Å². The highest BCUT2D eigenvalue weighted by Crippen LogP contribution is 2.21. The Morgan fingerprint density at radius 2 is 1.15 bits per heavy atom. The van der Waals surface area contributed by atoms with Crippen LogP contribution < -0.4 is 0 Å². The fourth-order valence-electron chi connectivity index (χ4n) is 1.83. The Morgan fingerprint density at radius 3 is 1.40 bits per heavy atom. The predicted octanol–water partition coefficient (Wildman–Crippen LogP) is 3.02. The number of carbonyl (C=O) groups excluding carboxylic acids is 2. The van der Waals surface area contributed by atoms with Gasteiger partial charge in [-0.05, 0) is 11.1 Å². The maximum Gasteiger partial charge on any atom is 0.302 e. The van der Waals surface area contributed by atoms with Gasteiger partial charge >= 0.3 is 11.9 Å². The van der Waals surface area contributed by atoms with Gasteiger partial charge in [-0.1, -0.05) is 38.1 Å². The second kappa shape index (κ2) is 7.68. The molecule has 0 bridgehead atoms. The minimum Gasteiger partial charge on any atom is -0.465 e. The third kappa shape index (κ3) is 5.43. The average molecular weight is 278 g/mol. The summed E-state index contributed by atoms with van der Waals surface area (Å²) >= 11 is 0. The minimum atomic E-state index is -0.261. The van der Waals surface area contributed by atoms with Crippen LogP contribution in [-0.2, 0) is 19.1 Å². The molecular formula is C16H22O4. The highest BCUT2D eigenvalue weighted by molar-refractivity contribution is 5.66. The van der Waals surface area contributed by atoms with Crippen LogP contribution in [0, 0.1) is 0 Å². The molecule has 2 unspecified atom stereocenters. The van der Waals surface area contributed by atoms with Gasteiger partial charge in [0.05, 0.1) is 13.2 Å². The quantitative estimate of drug-likeness (QED) is 0.751. The van der Waals surface area contributed by atoms with Gasteiger partial charge in [0.2, 0.25) is 0 Å². The molecule has 1 aromatic carbocycles. The number of hydrogen-bond donors (Lipinski definition) is 0. The molecule has 110 valence electrons. The van der Waals surface area contributed by atoms with Crippen molar-refractivity contribution in [1.29, 1.82) is 0 Å². The molecule has 0 aromatic heterocycles. The smallest absolute Gasteiger partial charge is 0.302 e. The van der Waals surface area contributed by atoms with Gasteiger partial charge in [-0.3, -0.25) is 9.59 Å². The van der Waals surface area contributed by atoms with Crippen LogP contribution in [-0.4, -0.2) is 25.2 Å². The van der Waals surface area contributed by atoms with Gasteiger partial charge < -0.3 is 9.47 Å². The zero-order valence-electron chi connectivity index (χ0n) is 12.5. The van der Waals surface area contributed by atoms with E-state index < -0.39 is 0 Å². The van der Waals surface area contributed by atoms with Crippen LogP contribution in [0.5, 0.6) is 0 Å². The summed E-state index contributed by atoms with van der Waals surface area (Å²) in [6, 6.07) is 8.09. The standard InChI is InChI=1S/C16H22O4/c1-11(9-19-13(3)17)15-5-7-16(8-6-15)12(2)10-20-14(4)18/h5-8,11-12H,9-10H2,1-4H3. The molecular weight excluding hydrogens is 256 g/mol. The molecule has 20 heavy (non-hydrogen) atoms. The van der Waals surface area contributed by atoms with Crippen molar-refractivity contribution in [3.63, 3.8) is 0 Å². The summed E-state index contributed by atoms with van der Waals surface area (Å²) in [5, 5.41) is 0. The Labute approximate surface area is 120 Å². The van der Waals surface area contributed by atoms with E-state index in [0.29, 0.717) is 13.2 Å². The molecule has 0 heterocycles. The van der Waals surface area contributed by atoms with Gasteiger partial charge in [0.1, 0.15) is 0 Å². The summed E-state index contributed by atoms with van der Waals surface area (Å²) in [4.78, 5) is 21.6. The van der Waals surface area contributed by atoms with Crippen LogP contribution in [0.15, 0.2) is 24.3 Å². The summed E-state index contributed by atoms with van der Waals surface area (Å²) in [7, 11) is 0. The topological polar surface area (TPSA) is 52.6 Å². The molecule has 4 heteroatoms. The first-order chi connectivity index (χ1) is 9.40. The Bertz CT molecular complexity index is 407. The molecule has 2 atom stereocenters. The summed E-state index contributed by atoms with van der Waals surface area (Å²) in [5.41, 5.74) is 2.24. The molecule has 0 aliphatic heterocycles. The lowest BCUT2D eigenvalue weighted by Crippen LogP contribution is -2.09. The van der Waals surface area contributed by atoms with Crippen molar-refractivity contribution in [2.45, 2.75) is 39.5 Å². The van der Waals surface area contributed by atoms with Crippen molar-refractivity contribution in [2.24, 2.45) is 0 Å². The van der Waals surface area contributed by atoms with E-state index in [-0.39, 0.29) is 23.8 Å². The minimum absolute atomic E-state index is 0.164. The van der Waals surface area contributed by atoms with Crippen molar-refractivity contribution in [1.82, 2.24) is 0 Å². The van der Waals surface area contributed by atoms with E-state index in [0.717, 1.165) is 11.1 Å². The Kier molecular flexibility index (Phi) is 6.22. The predicted molar refractivity (Wildman–Crippen MR) is 76.5 cm³/mol. The molecule has 0 aliphatic rings. The summed E-state index contributed by atoms with van der Waals surface area (Å²) in [6.07, 6.45) is 0. The summed E-state index contributed by atoms with van der Waals surface area (Å²) in [6.45, 7) is 7.62. The fraction of sp³-hybridized carbons (Fsp3) is 0.500. The molecule has 0 fully saturated rings. The largest absolute Gasteiger partial charge is 0.465 e. The van der Waals surface area contributed by atoms with Crippen LogP contribution in [0.25, 0.3) is 0 Å². The second-order valence-corrected chi connectivity index (χ2v) is 5.07. The van der Waals surface area contributed by atoms with Crippen molar-refractivity contribution in [3.8, 4) is 0 Å². The summed E-state index contributed by atoms with van der Waals surface area (Å²) < 4.78 is 10.0. The highest BCUT2D eigenvalue weighted by atomic mass is 16.5. The van der Waals surface area contributed by atoms with Crippen LogP contribution in [0.2, 0.25) is 0 Å². The summed E-state index contributed by atoms with van der Waals surface area (Å²) in [5.74, 6) is -0.194. The molecule has 4 nitrogen and oxygen atoms in total. The Morgan fingerprint density at radius 1 is 0.850 bits per heavy atom. The third-order valence-corrected chi connectivity index (χ3v) is 3.15. The molecule has 0 saturated carbocycles. The van der Waals surface area contributed by atoms with Crippen molar-refractivity contribution in [3.05, 3.63) is 35.4 Å².